The molecule has 1 rings (SSSR count). The molecule has 1 aliphatic rings. The van der Waals surface area contributed by atoms with Crippen molar-refractivity contribution in [3.8, 4) is 12.1 Å². The highest BCUT2D eigenvalue weighted by Gasteiger charge is 2.90. The van der Waals surface area contributed by atoms with E-state index in [1.54, 1.807) is 0 Å². The molecule has 0 bridgehead atoms. The van der Waals surface area contributed by atoms with Crippen molar-refractivity contribution >= 4 is 0 Å². The van der Waals surface area contributed by atoms with E-state index in [0.29, 0.717) is 12.1 Å². The van der Waals surface area contributed by atoms with Crippen LogP contribution in [0.4, 0.5) is 26.3 Å². The monoisotopic (exact) mass is 286 g/mol. The normalized spacial score (nSPS) is 39.1. The number of methoxy groups -OCH3 is 1. The third-order valence-corrected chi connectivity index (χ3v) is 3.69. The van der Waals surface area contributed by atoms with E-state index in [1.165, 1.54) is 0 Å². The second-order valence-corrected chi connectivity index (χ2v) is 4.28. The van der Waals surface area contributed by atoms with Crippen LogP contribution in [0.25, 0.3) is 0 Å². The standard InChI is InChI=1S/C10H8F6N2O/c1-5-6(19-2)8(4-18,10(14,15)16)7(5,3-17)9(11,12)13/h5-6H,1-2H3/t5-,6-,7+,8+/m1/s1. The first-order valence-electron chi connectivity index (χ1n) is 4.96. The molecule has 106 valence electrons. The molecule has 0 unspecified atom stereocenters. The highest BCUT2D eigenvalue weighted by atomic mass is 19.4. The van der Waals surface area contributed by atoms with Gasteiger partial charge in [-0.05, 0) is 0 Å². The molecular formula is C10H8F6N2O. The Hall–Kier alpha value is -1.48. The Bertz CT molecular complexity index is 459. The average molecular weight is 286 g/mol. The highest BCUT2D eigenvalue weighted by molar-refractivity contribution is 5.37. The Morgan fingerprint density at radius 3 is 1.53 bits per heavy atom. The molecule has 1 fully saturated rings. The molecule has 4 atom stereocenters. The van der Waals surface area contributed by atoms with E-state index in [4.69, 9.17) is 10.5 Å². The lowest BCUT2D eigenvalue weighted by Gasteiger charge is -2.60. The third kappa shape index (κ3) is 1.42. The first-order chi connectivity index (χ1) is 8.47. The number of nitrogens with zero attached hydrogens (tertiary/aromatic N) is 2. The van der Waals surface area contributed by atoms with Gasteiger partial charge in [0, 0.05) is 13.0 Å². The molecule has 0 aromatic carbocycles. The SMILES string of the molecule is CO[C@@H]1[C@@H](C)[C@](C#N)(C(F)(F)F)[C@@]1(C#N)C(F)(F)F. The largest absolute Gasteiger partial charge is 0.411 e. The molecule has 9 heteroatoms. The van der Waals surface area contributed by atoms with Gasteiger partial charge in [-0.3, -0.25) is 0 Å². The van der Waals surface area contributed by atoms with Crippen molar-refractivity contribution in [1.82, 2.24) is 0 Å². The smallest absolute Gasteiger partial charge is 0.379 e. The molecule has 1 saturated carbocycles. The van der Waals surface area contributed by atoms with Gasteiger partial charge in [-0.25, -0.2) is 0 Å². The van der Waals surface area contributed by atoms with Gasteiger partial charge in [0.1, 0.15) is 0 Å². The van der Waals surface area contributed by atoms with Crippen molar-refractivity contribution in [3.05, 3.63) is 0 Å². The van der Waals surface area contributed by atoms with E-state index >= 15 is 0 Å². The summed E-state index contributed by atoms with van der Waals surface area (Å²) in [5.41, 5.74) is -7.74. The van der Waals surface area contributed by atoms with Gasteiger partial charge >= 0.3 is 12.4 Å². The van der Waals surface area contributed by atoms with Crippen molar-refractivity contribution < 1.29 is 31.1 Å². The van der Waals surface area contributed by atoms with Gasteiger partial charge in [0.05, 0.1) is 18.2 Å². The first kappa shape index (κ1) is 15.6. The van der Waals surface area contributed by atoms with Gasteiger partial charge < -0.3 is 4.74 Å². The van der Waals surface area contributed by atoms with Crippen LogP contribution < -0.4 is 0 Å². The summed E-state index contributed by atoms with van der Waals surface area (Å²) in [6.07, 6.45) is -13.1. The topological polar surface area (TPSA) is 56.8 Å². The number of alkyl halides is 6. The van der Waals surface area contributed by atoms with Crippen LogP contribution in [-0.4, -0.2) is 25.6 Å². The molecule has 0 aliphatic heterocycles. The first-order valence-corrected chi connectivity index (χ1v) is 4.96. The van der Waals surface area contributed by atoms with E-state index in [-0.39, 0.29) is 0 Å². The van der Waals surface area contributed by atoms with Crippen LogP contribution in [-0.2, 0) is 4.74 Å². The molecule has 0 saturated heterocycles. The minimum absolute atomic E-state index is 0.642. The lowest BCUT2D eigenvalue weighted by molar-refractivity contribution is -0.401. The Morgan fingerprint density at radius 1 is 0.947 bits per heavy atom. The lowest BCUT2D eigenvalue weighted by Crippen LogP contribution is -2.77. The molecule has 0 radical (unpaired) electrons. The Balaban J connectivity index is 3.66. The maximum absolute atomic E-state index is 13.0. The lowest BCUT2D eigenvalue weighted by atomic mass is 9.42. The van der Waals surface area contributed by atoms with Crippen LogP contribution >= 0.6 is 0 Å². The van der Waals surface area contributed by atoms with E-state index in [9.17, 15) is 26.3 Å². The van der Waals surface area contributed by atoms with Gasteiger partial charge in [0.2, 0.25) is 5.41 Å². The summed E-state index contributed by atoms with van der Waals surface area (Å²) >= 11 is 0. The second-order valence-electron chi connectivity index (χ2n) is 4.28. The number of rotatable bonds is 1. The number of nitriles is 2. The van der Waals surface area contributed by atoms with Crippen molar-refractivity contribution in [2.75, 3.05) is 7.11 Å². The van der Waals surface area contributed by atoms with Gasteiger partial charge in [-0.2, -0.15) is 36.9 Å². The number of halogens is 6. The molecule has 0 aromatic rings. The van der Waals surface area contributed by atoms with Crippen LogP contribution in [0.3, 0.4) is 0 Å². The van der Waals surface area contributed by atoms with Gasteiger partial charge in [0.25, 0.3) is 0 Å². The van der Waals surface area contributed by atoms with Gasteiger partial charge in [-0.1, -0.05) is 6.92 Å². The minimum Gasteiger partial charge on any atom is -0.379 e. The maximum Gasteiger partial charge on any atom is 0.411 e. The van der Waals surface area contributed by atoms with Crippen LogP contribution in [0, 0.1) is 39.4 Å². The second kappa shape index (κ2) is 4.01. The third-order valence-electron chi connectivity index (χ3n) is 3.69. The van der Waals surface area contributed by atoms with Gasteiger partial charge in [0.15, 0.2) is 5.41 Å². The fourth-order valence-corrected chi connectivity index (χ4v) is 2.81. The van der Waals surface area contributed by atoms with Gasteiger partial charge in [-0.15, -0.1) is 0 Å². The zero-order valence-corrected chi connectivity index (χ0v) is 9.73. The zero-order valence-electron chi connectivity index (χ0n) is 9.73. The van der Waals surface area contributed by atoms with Crippen molar-refractivity contribution in [2.24, 2.45) is 16.7 Å². The van der Waals surface area contributed by atoms with Crippen LogP contribution in [0.15, 0.2) is 0 Å². The molecule has 0 N–H and O–H groups in total. The summed E-state index contributed by atoms with van der Waals surface area (Å²) in [5.74, 6) is -1.80. The van der Waals surface area contributed by atoms with Crippen LogP contribution in [0.5, 0.6) is 0 Å². The fourth-order valence-electron chi connectivity index (χ4n) is 2.81. The number of hydrogen-bond acceptors (Lipinski definition) is 3. The Kier molecular flexibility index (Phi) is 3.28. The van der Waals surface area contributed by atoms with Crippen LogP contribution in [0.2, 0.25) is 0 Å². The Morgan fingerprint density at radius 2 is 1.32 bits per heavy atom. The predicted molar refractivity (Wildman–Crippen MR) is 48.2 cm³/mol. The van der Waals surface area contributed by atoms with Crippen molar-refractivity contribution in [2.45, 2.75) is 25.4 Å². The molecule has 0 aromatic heterocycles. The predicted octanol–water partition coefficient (Wildman–Crippen LogP) is 2.80. The van der Waals surface area contributed by atoms with E-state index in [0.717, 1.165) is 14.0 Å². The molecule has 1 aliphatic carbocycles. The molecule has 0 amide bonds. The maximum atomic E-state index is 13.0. The minimum atomic E-state index is -5.54. The van der Waals surface area contributed by atoms with E-state index in [2.05, 4.69) is 4.74 Å². The average Bonchev–Trinajstić information content (AvgIpc) is 2.23. The number of ether oxygens (including phenoxy) is 1. The zero-order chi connectivity index (χ0) is 15.3. The summed E-state index contributed by atoms with van der Waals surface area (Å²) < 4.78 is 82.5. The summed E-state index contributed by atoms with van der Waals surface area (Å²) in [5, 5.41) is 17.4. The number of hydrogen-bond donors (Lipinski definition) is 0. The molecule has 0 spiro atoms. The summed E-state index contributed by atoms with van der Waals surface area (Å²) in [6, 6.07) is 1.31. The molecule has 3 nitrogen and oxygen atoms in total. The quantitative estimate of drug-likeness (QED) is 0.696. The summed E-state index contributed by atoms with van der Waals surface area (Å²) in [7, 11) is 0.774. The summed E-state index contributed by atoms with van der Waals surface area (Å²) in [4.78, 5) is 0. The van der Waals surface area contributed by atoms with Crippen molar-refractivity contribution in [1.29, 1.82) is 10.5 Å². The fraction of sp³-hybridized carbons (Fsp3) is 0.800. The van der Waals surface area contributed by atoms with E-state index in [1.807, 2.05) is 0 Å². The van der Waals surface area contributed by atoms with Crippen molar-refractivity contribution in [3.63, 3.8) is 0 Å². The molecular weight excluding hydrogens is 278 g/mol. The molecule has 0 heterocycles. The Labute approximate surface area is 104 Å². The highest BCUT2D eigenvalue weighted by Crippen LogP contribution is 2.72. The molecule has 19 heavy (non-hydrogen) atoms. The van der Waals surface area contributed by atoms with E-state index < -0.39 is 35.2 Å². The van der Waals surface area contributed by atoms with Crippen LogP contribution in [0.1, 0.15) is 6.92 Å². The summed E-state index contributed by atoms with van der Waals surface area (Å²) in [6.45, 7) is 0.812.